The first-order valence-electron chi connectivity index (χ1n) is 3.41. The Labute approximate surface area is 66.5 Å². The molecule has 0 nitrogen and oxygen atoms in total. The molecule has 1 heteroatoms. The van der Waals surface area contributed by atoms with Crippen LogP contribution in [0.2, 0.25) is 0 Å². The van der Waals surface area contributed by atoms with Gasteiger partial charge in [-0.1, -0.05) is 28.4 Å². The maximum atomic E-state index is 3.84. The van der Waals surface area contributed by atoms with Gasteiger partial charge in [0.1, 0.15) is 0 Å². The summed E-state index contributed by atoms with van der Waals surface area (Å²) >= 11 is 3.49. The van der Waals surface area contributed by atoms with Crippen molar-refractivity contribution >= 4 is 15.9 Å². The Kier molecular flexibility index (Phi) is 5.16. The average Bonchev–Trinajstić information content (AvgIpc) is 1.63. The minimum absolute atomic E-state index is 0.664. The van der Waals surface area contributed by atoms with E-state index in [-0.39, 0.29) is 0 Å². The molecular weight excluding hydrogens is 176 g/mol. The molecule has 0 rings (SSSR count). The third kappa shape index (κ3) is 8.22. The van der Waals surface area contributed by atoms with Crippen LogP contribution in [-0.2, 0) is 0 Å². The second-order valence-electron chi connectivity index (χ2n) is 2.63. The number of hydrogen-bond acceptors (Lipinski definition) is 0. The summed E-state index contributed by atoms with van der Waals surface area (Å²) in [4.78, 5) is 0.664. The fraction of sp³-hybridized carbons (Fsp3) is 0.750. The molecule has 0 aromatic carbocycles. The first kappa shape index (κ1) is 9.22. The van der Waals surface area contributed by atoms with Crippen LogP contribution in [0, 0.1) is 0 Å². The number of rotatable bonds is 4. The van der Waals surface area contributed by atoms with Crippen molar-refractivity contribution in [1.82, 2.24) is 0 Å². The van der Waals surface area contributed by atoms with Gasteiger partial charge in [-0.05, 0) is 26.2 Å². The highest BCUT2D eigenvalue weighted by atomic mass is 79.9. The van der Waals surface area contributed by atoms with Gasteiger partial charge in [-0.25, -0.2) is 0 Å². The van der Waals surface area contributed by atoms with Gasteiger partial charge in [-0.3, -0.25) is 0 Å². The molecule has 0 saturated heterocycles. The Morgan fingerprint density at radius 1 is 1.67 bits per heavy atom. The highest BCUT2D eigenvalue weighted by molar-refractivity contribution is 9.09. The van der Waals surface area contributed by atoms with Crippen LogP contribution in [0.1, 0.15) is 33.1 Å². The zero-order valence-electron chi connectivity index (χ0n) is 6.28. The van der Waals surface area contributed by atoms with E-state index >= 15 is 0 Å². The van der Waals surface area contributed by atoms with E-state index < -0.39 is 0 Å². The minimum atomic E-state index is 0.664. The topological polar surface area (TPSA) is 0 Å². The van der Waals surface area contributed by atoms with Crippen molar-refractivity contribution in [3.63, 3.8) is 0 Å². The lowest BCUT2D eigenvalue weighted by Gasteiger charge is -2.00. The molecule has 0 bridgehead atoms. The van der Waals surface area contributed by atoms with Crippen molar-refractivity contribution in [2.75, 3.05) is 0 Å². The number of hydrogen-bond donors (Lipinski definition) is 0. The van der Waals surface area contributed by atoms with Crippen molar-refractivity contribution in [1.29, 1.82) is 0 Å². The van der Waals surface area contributed by atoms with Crippen LogP contribution in [-0.4, -0.2) is 4.83 Å². The Morgan fingerprint density at radius 3 is 2.56 bits per heavy atom. The second kappa shape index (κ2) is 5.04. The van der Waals surface area contributed by atoms with Gasteiger partial charge < -0.3 is 0 Å². The van der Waals surface area contributed by atoms with Crippen LogP contribution in [0.5, 0.6) is 0 Å². The first-order chi connectivity index (χ1) is 4.13. The van der Waals surface area contributed by atoms with E-state index in [4.69, 9.17) is 0 Å². The van der Waals surface area contributed by atoms with E-state index in [1.54, 1.807) is 0 Å². The van der Waals surface area contributed by atoms with Crippen LogP contribution < -0.4 is 0 Å². The fourth-order valence-corrected chi connectivity index (χ4v) is 1.01. The molecule has 0 aliphatic rings. The van der Waals surface area contributed by atoms with Crippen LogP contribution in [0.4, 0.5) is 0 Å². The summed E-state index contributed by atoms with van der Waals surface area (Å²) in [7, 11) is 0. The molecule has 0 heterocycles. The lowest BCUT2D eigenvalue weighted by atomic mass is 10.1. The van der Waals surface area contributed by atoms with Gasteiger partial charge in [0, 0.05) is 4.83 Å². The van der Waals surface area contributed by atoms with E-state index in [0.29, 0.717) is 4.83 Å². The summed E-state index contributed by atoms with van der Waals surface area (Å²) in [6, 6.07) is 0. The third-order valence-corrected chi connectivity index (χ3v) is 1.66. The second-order valence-corrected chi connectivity index (χ2v) is 4.19. The minimum Gasteiger partial charge on any atom is -0.100 e. The maximum absolute atomic E-state index is 3.84. The predicted molar refractivity (Wildman–Crippen MR) is 47.1 cm³/mol. The van der Waals surface area contributed by atoms with E-state index in [1.807, 2.05) is 0 Å². The third-order valence-electron chi connectivity index (χ3n) is 1.21. The van der Waals surface area contributed by atoms with Gasteiger partial charge in [-0.15, -0.1) is 6.58 Å². The smallest absolute Gasteiger partial charge is 0.0117 e. The van der Waals surface area contributed by atoms with E-state index in [2.05, 4.69) is 36.4 Å². The van der Waals surface area contributed by atoms with Gasteiger partial charge in [0.25, 0.3) is 0 Å². The summed E-state index contributed by atoms with van der Waals surface area (Å²) in [6.07, 6.45) is 3.70. The molecule has 0 aromatic heterocycles. The quantitative estimate of drug-likeness (QED) is 0.471. The van der Waals surface area contributed by atoms with Crippen LogP contribution in [0.25, 0.3) is 0 Å². The van der Waals surface area contributed by atoms with E-state index in [1.165, 1.54) is 24.8 Å². The number of allylic oxidation sites excluding steroid dienone is 1. The van der Waals surface area contributed by atoms with E-state index in [0.717, 1.165) is 0 Å². The summed E-state index contributed by atoms with van der Waals surface area (Å²) in [6.45, 7) is 8.10. The largest absolute Gasteiger partial charge is 0.100 e. The average molecular weight is 191 g/mol. The molecule has 0 amide bonds. The number of halogens is 1. The van der Waals surface area contributed by atoms with Gasteiger partial charge in [0.15, 0.2) is 0 Å². The van der Waals surface area contributed by atoms with Gasteiger partial charge in [0.05, 0.1) is 0 Å². The number of alkyl halides is 1. The molecule has 54 valence electrons. The lowest BCUT2D eigenvalue weighted by Crippen LogP contribution is -1.88. The van der Waals surface area contributed by atoms with Gasteiger partial charge in [0.2, 0.25) is 0 Å². The van der Waals surface area contributed by atoms with Crippen molar-refractivity contribution in [3.8, 4) is 0 Å². The van der Waals surface area contributed by atoms with Crippen LogP contribution in [0.15, 0.2) is 12.2 Å². The molecule has 1 atom stereocenters. The lowest BCUT2D eigenvalue weighted by molar-refractivity contribution is 0.733. The maximum Gasteiger partial charge on any atom is 0.0117 e. The van der Waals surface area contributed by atoms with Gasteiger partial charge >= 0.3 is 0 Å². The molecule has 0 aliphatic heterocycles. The molecule has 0 spiro atoms. The molecule has 1 unspecified atom stereocenters. The molecular formula is C8H15Br. The monoisotopic (exact) mass is 190 g/mol. The van der Waals surface area contributed by atoms with Gasteiger partial charge in [-0.2, -0.15) is 0 Å². The summed E-state index contributed by atoms with van der Waals surface area (Å²) in [5.74, 6) is 0. The van der Waals surface area contributed by atoms with Crippen molar-refractivity contribution in [2.45, 2.75) is 37.9 Å². The highest BCUT2D eigenvalue weighted by Crippen LogP contribution is 2.10. The SMILES string of the molecule is C=C(C)CCCC(C)Br. The fourth-order valence-electron chi connectivity index (χ4n) is 0.685. The Bertz CT molecular complexity index is 84.6. The Hall–Kier alpha value is 0.220. The first-order valence-corrected chi connectivity index (χ1v) is 4.33. The van der Waals surface area contributed by atoms with Crippen molar-refractivity contribution < 1.29 is 0 Å². The summed E-state index contributed by atoms with van der Waals surface area (Å²) < 4.78 is 0. The van der Waals surface area contributed by atoms with Crippen LogP contribution in [0.3, 0.4) is 0 Å². The van der Waals surface area contributed by atoms with E-state index in [9.17, 15) is 0 Å². The molecule has 0 radical (unpaired) electrons. The van der Waals surface area contributed by atoms with Crippen molar-refractivity contribution in [2.24, 2.45) is 0 Å². The Balaban J connectivity index is 3.01. The highest BCUT2D eigenvalue weighted by Gasteiger charge is 1.94. The zero-order valence-corrected chi connectivity index (χ0v) is 7.87. The predicted octanol–water partition coefficient (Wildman–Crippen LogP) is 3.52. The molecule has 0 fully saturated rings. The zero-order chi connectivity index (χ0) is 7.28. The molecule has 0 aliphatic carbocycles. The molecule has 0 aromatic rings. The Morgan fingerprint density at radius 2 is 2.22 bits per heavy atom. The summed E-state index contributed by atoms with van der Waals surface area (Å²) in [5, 5.41) is 0. The molecule has 0 N–H and O–H groups in total. The standard InChI is InChI=1S/C8H15Br/c1-7(2)5-4-6-8(3)9/h8H,1,4-6H2,2-3H3. The summed E-state index contributed by atoms with van der Waals surface area (Å²) in [5.41, 5.74) is 1.29. The normalized spacial score (nSPS) is 13.2. The van der Waals surface area contributed by atoms with Crippen molar-refractivity contribution in [3.05, 3.63) is 12.2 Å². The molecule has 0 saturated carbocycles. The van der Waals surface area contributed by atoms with Crippen LogP contribution >= 0.6 is 15.9 Å². The molecule has 9 heavy (non-hydrogen) atoms.